The summed E-state index contributed by atoms with van der Waals surface area (Å²) in [5.74, 6) is 5.92. The third-order valence-corrected chi connectivity index (χ3v) is 10.6. The summed E-state index contributed by atoms with van der Waals surface area (Å²) in [6.07, 6.45) is 0.391. The molecule has 21 heteroatoms. The van der Waals surface area contributed by atoms with Gasteiger partial charge in [-0.3, -0.25) is 14.4 Å². The van der Waals surface area contributed by atoms with Gasteiger partial charge in [0.1, 0.15) is 0 Å². The lowest BCUT2D eigenvalue weighted by Gasteiger charge is -2.26. The second kappa shape index (κ2) is 41.4. The summed E-state index contributed by atoms with van der Waals surface area (Å²) in [7, 11) is -1.51. The fraction of sp³-hybridized carbons (Fsp3) is 0.566. The van der Waals surface area contributed by atoms with E-state index in [0.717, 1.165) is 27.9 Å². The normalized spacial score (nSPS) is 11.8. The van der Waals surface area contributed by atoms with Crippen molar-refractivity contribution in [3.05, 3.63) is 95.1 Å². The van der Waals surface area contributed by atoms with Crippen LogP contribution in [0.1, 0.15) is 41.5 Å². The molecule has 0 saturated heterocycles. The van der Waals surface area contributed by atoms with Crippen LogP contribution in [0.4, 0.5) is 5.69 Å². The summed E-state index contributed by atoms with van der Waals surface area (Å²) in [5.41, 5.74) is 4.64. The lowest BCUT2D eigenvalue weighted by molar-refractivity contribution is -0.125. The molecule has 0 spiro atoms. The molecule has 4 N–H and O–H groups in total. The molecule has 0 unspecified atom stereocenters. The van der Waals surface area contributed by atoms with Gasteiger partial charge in [0.15, 0.2) is 0 Å². The van der Waals surface area contributed by atoms with Gasteiger partial charge in [-0.2, -0.15) is 0 Å². The van der Waals surface area contributed by atoms with Gasteiger partial charge in [0.05, 0.1) is 171 Å². The average Bonchev–Trinajstić information content (AvgIpc) is 3.41. The molecule has 0 aliphatic carbocycles. The molecule has 3 aromatic carbocycles. The SMILES string of the molecule is O=C(CCC(=O)N1Cc2ccccc2C#Cc2ccccc21)NCCOCCOCCOCCOCCOCCOCCOCCOCCOCCOCCOCCOCCC(=O)NCc1ccc(B(O)O)cc1. The standard InChI is InChI=1S/C53H76BN3O17/c58-51(15-16-53(60)57-44-48-7-2-1-5-46(48)11-12-47-6-3-4-8-50(47)57)55-18-20-64-22-24-66-26-28-68-30-32-70-34-36-72-38-40-74-42-41-73-39-37-71-35-33-69-31-29-67-27-25-65-23-21-63-19-17-52(59)56-43-45-9-13-49(14-10-45)54(61)62/h1-10,13-14,61-62H,15-44H2,(H,55,58)(H,56,59). The van der Waals surface area contributed by atoms with E-state index in [4.69, 9.17) is 66.9 Å². The Morgan fingerprint density at radius 2 is 0.838 bits per heavy atom. The third-order valence-electron chi connectivity index (χ3n) is 10.6. The number of ether oxygens (including phenoxy) is 12. The van der Waals surface area contributed by atoms with Gasteiger partial charge >= 0.3 is 7.12 Å². The van der Waals surface area contributed by atoms with Crippen molar-refractivity contribution in [1.82, 2.24) is 10.6 Å². The summed E-state index contributed by atoms with van der Waals surface area (Å²) in [4.78, 5) is 39.5. The lowest BCUT2D eigenvalue weighted by atomic mass is 9.80. The Bertz CT molecular complexity index is 2020. The highest BCUT2D eigenvalue weighted by Crippen LogP contribution is 2.26. The maximum Gasteiger partial charge on any atom is 0.488 e. The van der Waals surface area contributed by atoms with Crippen LogP contribution in [0.25, 0.3) is 0 Å². The molecule has 0 saturated carbocycles. The Morgan fingerprint density at radius 1 is 0.446 bits per heavy atom. The monoisotopic (exact) mass is 1040 g/mol. The van der Waals surface area contributed by atoms with Crippen molar-refractivity contribution < 1.29 is 81.3 Å². The van der Waals surface area contributed by atoms with Gasteiger partial charge in [-0.25, -0.2) is 0 Å². The molecule has 3 aromatic rings. The van der Waals surface area contributed by atoms with Crippen LogP contribution in [0.3, 0.4) is 0 Å². The fourth-order valence-corrected chi connectivity index (χ4v) is 6.70. The predicted molar refractivity (Wildman–Crippen MR) is 275 cm³/mol. The van der Waals surface area contributed by atoms with Crippen molar-refractivity contribution in [3.63, 3.8) is 0 Å². The highest BCUT2D eigenvalue weighted by Gasteiger charge is 2.22. The Kier molecular flexibility index (Phi) is 34.5. The van der Waals surface area contributed by atoms with Crippen molar-refractivity contribution in [1.29, 1.82) is 0 Å². The molecule has 1 aliphatic rings. The first-order valence-electron chi connectivity index (χ1n) is 25.3. The van der Waals surface area contributed by atoms with Crippen molar-refractivity contribution in [3.8, 4) is 11.8 Å². The molecule has 74 heavy (non-hydrogen) atoms. The smallest absolute Gasteiger partial charge is 0.423 e. The van der Waals surface area contributed by atoms with Gasteiger partial charge < -0.3 is 82.4 Å². The number of hydrogen-bond acceptors (Lipinski definition) is 17. The number of nitrogens with one attached hydrogen (secondary N) is 2. The minimum atomic E-state index is -1.51. The maximum atomic E-state index is 13.3. The van der Waals surface area contributed by atoms with E-state index in [2.05, 4.69) is 22.5 Å². The molecule has 0 fully saturated rings. The summed E-state index contributed by atoms with van der Waals surface area (Å²) in [6.45, 7) is 11.4. The Labute approximate surface area is 435 Å². The van der Waals surface area contributed by atoms with E-state index in [1.807, 2.05) is 48.5 Å². The predicted octanol–water partition coefficient (Wildman–Crippen LogP) is 1.41. The number of anilines is 1. The van der Waals surface area contributed by atoms with E-state index in [1.54, 1.807) is 29.2 Å². The Hall–Kier alpha value is -4.87. The van der Waals surface area contributed by atoms with Gasteiger partial charge in [-0.05, 0) is 34.8 Å². The van der Waals surface area contributed by atoms with Gasteiger partial charge in [0, 0.05) is 43.5 Å². The number of carbonyl (C=O) groups is 3. The van der Waals surface area contributed by atoms with Crippen LogP contribution in [0.2, 0.25) is 0 Å². The van der Waals surface area contributed by atoms with Crippen molar-refractivity contribution in [2.45, 2.75) is 32.4 Å². The zero-order valence-electron chi connectivity index (χ0n) is 42.7. The second-order valence-corrected chi connectivity index (χ2v) is 16.2. The van der Waals surface area contributed by atoms with E-state index in [1.165, 1.54) is 0 Å². The number of benzene rings is 3. The van der Waals surface area contributed by atoms with E-state index in [-0.39, 0.29) is 43.6 Å². The number of amides is 3. The highest BCUT2D eigenvalue weighted by atomic mass is 16.6. The van der Waals surface area contributed by atoms with E-state index >= 15 is 0 Å². The van der Waals surface area contributed by atoms with Gasteiger partial charge in [0.2, 0.25) is 17.7 Å². The van der Waals surface area contributed by atoms with E-state index in [0.29, 0.717) is 177 Å². The summed E-state index contributed by atoms with van der Waals surface area (Å²) in [6, 6.07) is 22.0. The molecule has 0 bridgehead atoms. The minimum Gasteiger partial charge on any atom is -0.423 e. The molecule has 1 heterocycles. The first kappa shape index (κ1) is 61.7. The second-order valence-electron chi connectivity index (χ2n) is 16.2. The first-order valence-corrected chi connectivity index (χ1v) is 25.3. The van der Waals surface area contributed by atoms with Crippen LogP contribution >= 0.6 is 0 Å². The van der Waals surface area contributed by atoms with E-state index < -0.39 is 7.12 Å². The van der Waals surface area contributed by atoms with Crippen LogP contribution in [-0.4, -0.2) is 200 Å². The number of hydrogen-bond donors (Lipinski definition) is 4. The quantitative estimate of drug-likeness (QED) is 0.0357. The lowest BCUT2D eigenvalue weighted by Crippen LogP contribution is -2.34. The van der Waals surface area contributed by atoms with Gasteiger partial charge in [0.25, 0.3) is 0 Å². The summed E-state index contributed by atoms with van der Waals surface area (Å²) < 4.78 is 66.1. The minimum absolute atomic E-state index is 0.0780. The first-order chi connectivity index (χ1) is 36.4. The van der Waals surface area contributed by atoms with Crippen molar-refractivity contribution in [2.24, 2.45) is 0 Å². The zero-order chi connectivity index (χ0) is 52.4. The molecule has 0 radical (unpaired) electrons. The molecule has 4 rings (SSSR count). The molecule has 20 nitrogen and oxygen atoms in total. The highest BCUT2D eigenvalue weighted by molar-refractivity contribution is 6.58. The number of nitrogens with zero attached hydrogens (tertiary/aromatic N) is 1. The average molecular weight is 1040 g/mol. The summed E-state index contributed by atoms with van der Waals surface area (Å²) in [5, 5.41) is 23.9. The van der Waals surface area contributed by atoms with Crippen LogP contribution < -0.4 is 21.0 Å². The molecule has 1 aliphatic heterocycles. The molecule has 3 amide bonds. The fourth-order valence-electron chi connectivity index (χ4n) is 6.70. The van der Waals surface area contributed by atoms with Crippen LogP contribution in [0.15, 0.2) is 72.8 Å². The van der Waals surface area contributed by atoms with E-state index in [9.17, 15) is 14.4 Å². The zero-order valence-corrected chi connectivity index (χ0v) is 42.7. The van der Waals surface area contributed by atoms with Crippen LogP contribution in [0, 0.1) is 11.8 Å². The molecular formula is C53H76BN3O17. The van der Waals surface area contributed by atoms with Gasteiger partial charge in [-0.1, -0.05) is 66.4 Å². The van der Waals surface area contributed by atoms with Crippen LogP contribution in [-0.2, 0) is 84.3 Å². The molecule has 0 aromatic heterocycles. The van der Waals surface area contributed by atoms with Crippen molar-refractivity contribution in [2.75, 3.05) is 170 Å². The molecule has 408 valence electrons. The Morgan fingerprint density at radius 3 is 1.31 bits per heavy atom. The number of fused-ring (bicyclic) bond motifs is 2. The third kappa shape index (κ3) is 29.3. The number of rotatable bonds is 45. The molecule has 0 atom stereocenters. The van der Waals surface area contributed by atoms with Crippen LogP contribution in [0.5, 0.6) is 0 Å². The topological polar surface area (TPSA) is 230 Å². The number of para-hydroxylation sites is 1. The number of carbonyl (C=O) groups excluding carboxylic acids is 3. The van der Waals surface area contributed by atoms with Gasteiger partial charge in [-0.15, -0.1) is 0 Å². The summed E-state index contributed by atoms with van der Waals surface area (Å²) >= 11 is 0. The molecular weight excluding hydrogens is 961 g/mol. The maximum absolute atomic E-state index is 13.3. The largest absolute Gasteiger partial charge is 0.488 e. The van der Waals surface area contributed by atoms with Crippen molar-refractivity contribution >= 4 is 36.0 Å². The Balaban J connectivity index is 0.774.